The molecule has 0 aliphatic rings. The second-order valence-electron chi connectivity index (χ2n) is 3.61. The first-order chi connectivity index (χ1) is 7.67. The highest BCUT2D eigenvalue weighted by molar-refractivity contribution is 5.90. The van der Waals surface area contributed by atoms with Gasteiger partial charge in [0.05, 0.1) is 12.8 Å². The third-order valence-corrected chi connectivity index (χ3v) is 2.24. The molecule has 0 aliphatic heterocycles. The first kappa shape index (κ1) is 12.5. The van der Waals surface area contributed by atoms with Crippen LogP contribution in [0.2, 0.25) is 0 Å². The van der Waals surface area contributed by atoms with Crippen molar-refractivity contribution in [2.75, 3.05) is 19.0 Å². The molecule has 4 heteroatoms. The zero-order valence-electron chi connectivity index (χ0n) is 9.75. The fourth-order valence-electron chi connectivity index (χ4n) is 1.50. The van der Waals surface area contributed by atoms with Gasteiger partial charge in [0.1, 0.15) is 5.75 Å². The van der Waals surface area contributed by atoms with Gasteiger partial charge in [-0.1, -0.05) is 6.07 Å². The Bertz CT molecular complexity index is 364. The number of benzene rings is 1. The maximum Gasteiger partial charge on any atom is 0.221 e. The molecule has 1 rings (SSSR count). The summed E-state index contributed by atoms with van der Waals surface area (Å²) in [6.45, 7) is 2.15. The number of hydrogen-bond donors (Lipinski definition) is 2. The van der Waals surface area contributed by atoms with Gasteiger partial charge in [-0.05, 0) is 37.1 Å². The molecule has 0 unspecified atom stereocenters. The van der Waals surface area contributed by atoms with Gasteiger partial charge >= 0.3 is 0 Å². The fourth-order valence-corrected chi connectivity index (χ4v) is 1.50. The van der Waals surface area contributed by atoms with E-state index in [2.05, 4.69) is 5.32 Å². The van der Waals surface area contributed by atoms with Crippen LogP contribution in [0.1, 0.15) is 18.9 Å². The van der Waals surface area contributed by atoms with Crippen LogP contribution in [0.25, 0.3) is 0 Å². The Balaban J connectivity index is 2.87. The van der Waals surface area contributed by atoms with Crippen LogP contribution in [0, 0.1) is 0 Å². The SMILES string of the molecule is COc1ccc(CCCN)cc1NC(C)=O. The van der Waals surface area contributed by atoms with Crippen LogP contribution in [0.15, 0.2) is 18.2 Å². The minimum atomic E-state index is -0.103. The first-order valence-electron chi connectivity index (χ1n) is 5.32. The Morgan fingerprint density at radius 3 is 2.81 bits per heavy atom. The van der Waals surface area contributed by atoms with Crippen molar-refractivity contribution in [1.29, 1.82) is 0 Å². The summed E-state index contributed by atoms with van der Waals surface area (Å²) in [4.78, 5) is 11.0. The number of methoxy groups -OCH3 is 1. The lowest BCUT2D eigenvalue weighted by molar-refractivity contribution is -0.114. The van der Waals surface area contributed by atoms with E-state index in [0.717, 1.165) is 18.4 Å². The highest BCUT2D eigenvalue weighted by Gasteiger charge is 2.05. The monoisotopic (exact) mass is 222 g/mol. The van der Waals surface area contributed by atoms with Gasteiger partial charge in [-0.2, -0.15) is 0 Å². The number of nitrogens with one attached hydrogen (secondary N) is 1. The molecule has 0 radical (unpaired) electrons. The highest BCUT2D eigenvalue weighted by atomic mass is 16.5. The van der Waals surface area contributed by atoms with Gasteiger partial charge < -0.3 is 15.8 Å². The minimum Gasteiger partial charge on any atom is -0.495 e. The lowest BCUT2D eigenvalue weighted by Gasteiger charge is -2.10. The molecule has 0 spiro atoms. The highest BCUT2D eigenvalue weighted by Crippen LogP contribution is 2.25. The Hall–Kier alpha value is -1.55. The second-order valence-corrected chi connectivity index (χ2v) is 3.61. The van der Waals surface area contributed by atoms with Crippen molar-refractivity contribution in [2.24, 2.45) is 5.73 Å². The van der Waals surface area contributed by atoms with Crippen molar-refractivity contribution < 1.29 is 9.53 Å². The largest absolute Gasteiger partial charge is 0.495 e. The molecule has 16 heavy (non-hydrogen) atoms. The molecule has 0 fully saturated rings. The number of carbonyl (C=O) groups excluding carboxylic acids is 1. The Labute approximate surface area is 95.8 Å². The first-order valence-corrected chi connectivity index (χ1v) is 5.32. The average Bonchev–Trinajstić information content (AvgIpc) is 2.26. The predicted octanol–water partition coefficient (Wildman–Crippen LogP) is 1.54. The summed E-state index contributed by atoms with van der Waals surface area (Å²) in [5.41, 5.74) is 7.32. The van der Waals surface area contributed by atoms with Crippen LogP contribution in [-0.4, -0.2) is 19.6 Å². The number of aryl methyl sites for hydroxylation is 1. The smallest absolute Gasteiger partial charge is 0.221 e. The van der Waals surface area contributed by atoms with Gasteiger partial charge in [-0.25, -0.2) is 0 Å². The molecule has 1 aromatic rings. The predicted molar refractivity (Wildman–Crippen MR) is 64.7 cm³/mol. The molecule has 4 nitrogen and oxygen atoms in total. The van der Waals surface area contributed by atoms with Crippen LogP contribution in [-0.2, 0) is 11.2 Å². The quantitative estimate of drug-likeness (QED) is 0.794. The number of anilines is 1. The Morgan fingerprint density at radius 1 is 1.50 bits per heavy atom. The molecule has 0 aliphatic carbocycles. The zero-order valence-corrected chi connectivity index (χ0v) is 9.75. The summed E-state index contributed by atoms with van der Waals surface area (Å²) in [6, 6.07) is 5.77. The van der Waals surface area contributed by atoms with E-state index in [1.165, 1.54) is 6.92 Å². The lowest BCUT2D eigenvalue weighted by atomic mass is 10.1. The number of nitrogens with two attached hydrogens (primary N) is 1. The van der Waals surface area contributed by atoms with Crippen LogP contribution >= 0.6 is 0 Å². The van der Waals surface area contributed by atoms with E-state index in [0.29, 0.717) is 18.0 Å². The van der Waals surface area contributed by atoms with Gasteiger partial charge in [-0.15, -0.1) is 0 Å². The Kier molecular flexibility index (Phi) is 4.79. The van der Waals surface area contributed by atoms with E-state index in [1.54, 1.807) is 7.11 Å². The number of rotatable bonds is 5. The topological polar surface area (TPSA) is 64.3 Å². The lowest BCUT2D eigenvalue weighted by Crippen LogP contribution is -2.08. The van der Waals surface area contributed by atoms with E-state index in [-0.39, 0.29) is 5.91 Å². The molecule has 0 saturated heterocycles. The van der Waals surface area contributed by atoms with Crippen molar-refractivity contribution in [1.82, 2.24) is 0 Å². The van der Waals surface area contributed by atoms with Crippen molar-refractivity contribution in [3.05, 3.63) is 23.8 Å². The van der Waals surface area contributed by atoms with Crippen LogP contribution < -0.4 is 15.8 Å². The average molecular weight is 222 g/mol. The third kappa shape index (κ3) is 3.55. The number of amides is 1. The molecule has 0 bridgehead atoms. The molecule has 0 aromatic heterocycles. The van der Waals surface area contributed by atoms with Crippen molar-refractivity contribution >= 4 is 11.6 Å². The van der Waals surface area contributed by atoms with Gasteiger partial charge in [0.2, 0.25) is 5.91 Å². The van der Waals surface area contributed by atoms with Crippen LogP contribution in [0.5, 0.6) is 5.75 Å². The number of carbonyl (C=O) groups is 1. The van der Waals surface area contributed by atoms with E-state index >= 15 is 0 Å². The second kappa shape index (κ2) is 6.12. The van der Waals surface area contributed by atoms with Crippen molar-refractivity contribution in [2.45, 2.75) is 19.8 Å². The molecule has 0 heterocycles. The third-order valence-electron chi connectivity index (χ3n) is 2.24. The van der Waals surface area contributed by atoms with E-state index in [9.17, 15) is 4.79 Å². The number of hydrogen-bond acceptors (Lipinski definition) is 3. The van der Waals surface area contributed by atoms with Gasteiger partial charge in [0.15, 0.2) is 0 Å². The molecular formula is C12H18N2O2. The van der Waals surface area contributed by atoms with Crippen LogP contribution in [0.3, 0.4) is 0 Å². The maximum atomic E-state index is 11.0. The van der Waals surface area contributed by atoms with Crippen molar-refractivity contribution in [3.63, 3.8) is 0 Å². The molecule has 0 atom stereocenters. The summed E-state index contributed by atoms with van der Waals surface area (Å²) in [5.74, 6) is 0.570. The van der Waals surface area contributed by atoms with Crippen molar-refractivity contribution in [3.8, 4) is 5.75 Å². The molecule has 0 saturated carbocycles. The molecule has 88 valence electrons. The van der Waals surface area contributed by atoms with Gasteiger partial charge in [0.25, 0.3) is 0 Å². The maximum absolute atomic E-state index is 11.0. The summed E-state index contributed by atoms with van der Waals surface area (Å²) < 4.78 is 5.17. The van der Waals surface area contributed by atoms with Gasteiger partial charge in [0, 0.05) is 6.92 Å². The molecular weight excluding hydrogens is 204 g/mol. The summed E-state index contributed by atoms with van der Waals surface area (Å²) >= 11 is 0. The summed E-state index contributed by atoms with van der Waals surface area (Å²) in [7, 11) is 1.58. The van der Waals surface area contributed by atoms with E-state index in [1.807, 2.05) is 18.2 Å². The standard InChI is InChI=1S/C12H18N2O2/c1-9(15)14-11-8-10(4-3-7-13)5-6-12(11)16-2/h5-6,8H,3-4,7,13H2,1-2H3,(H,14,15). The molecule has 3 N–H and O–H groups in total. The minimum absolute atomic E-state index is 0.103. The molecule has 1 amide bonds. The summed E-state index contributed by atoms with van der Waals surface area (Å²) in [5, 5.41) is 2.75. The zero-order chi connectivity index (χ0) is 12.0. The fraction of sp³-hybridized carbons (Fsp3) is 0.417. The van der Waals surface area contributed by atoms with Crippen LogP contribution in [0.4, 0.5) is 5.69 Å². The number of ether oxygens (including phenoxy) is 1. The molecule has 1 aromatic carbocycles. The van der Waals surface area contributed by atoms with E-state index in [4.69, 9.17) is 10.5 Å². The normalized spacial score (nSPS) is 9.94. The van der Waals surface area contributed by atoms with Gasteiger partial charge in [-0.3, -0.25) is 4.79 Å². The Morgan fingerprint density at radius 2 is 2.25 bits per heavy atom. The summed E-state index contributed by atoms with van der Waals surface area (Å²) in [6.07, 6.45) is 1.85. The van der Waals surface area contributed by atoms with E-state index < -0.39 is 0 Å².